The molecule has 0 saturated carbocycles. The van der Waals surface area contributed by atoms with E-state index in [0.717, 1.165) is 18.4 Å². The van der Waals surface area contributed by atoms with E-state index in [0.29, 0.717) is 50.6 Å². The average Bonchev–Trinajstić information content (AvgIpc) is 3.74. The van der Waals surface area contributed by atoms with Gasteiger partial charge in [-0.15, -0.1) is 11.3 Å². The average molecular weight is 876 g/mol. The number of likely N-dealkylation sites (N-methyl/N-ethyl adjacent to an activating group) is 1. The number of amides is 4. The van der Waals surface area contributed by atoms with Gasteiger partial charge in [0.05, 0.1) is 19.3 Å². The summed E-state index contributed by atoms with van der Waals surface area (Å²) >= 11 is 1.26. The summed E-state index contributed by atoms with van der Waals surface area (Å²) in [5, 5.41) is 10.7. The van der Waals surface area contributed by atoms with E-state index in [9.17, 15) is 24.0 Å². The summed E-state index contributed by atoms with van der Waals surface area (Å²) in [4.78, 5) is 76.2. The van der Waals surface area contributed by atoms with E-state index in [2.05, 4.69) is 16.0 Å². The largest absolute Gasteiger partial charge is 0.462 e. The van der Waals surface area contributed by atoms with Crippen LogP contribution in [0.3, 0.4) is 0 Å². The first-order chi connectivity index (χ1) is 29.2. The fraction of sp³-hybridized carbons (Fsp3) is 0.682. The molecular formula is C44H73N7O9S. The summed E-state index contributed by atoms with van der Waals surface area (Å²) in [6.45, 7) is 15.2. The molecule has 1 aromatic carbocycles. The zero-order chi connectivity index (χ0) is 45.3. The van der Waals surface area contributed by atoms with E-state index in [1.165, 1.54) is 11.3 Å². The van der Waals surface area contributed by atoms with Gasteiger partial charge in [-0.3, -0.25) is 28.9 Å². The summed E-state index contributed by atoms with van der Waals surface area (Å²) in [6.07, 6.45) is 2.78. The second-order valence-corrected chi connectivity index (χ2v) is 16.5. The number of ether oxygens (including phenoxy) is 4. The van der Waals surface area contributed by atoms with E-state index < -0.39 is 48.6 Å². The fourth-order valence-corrected chi connectivity index (χ4v) is 7.42. The zero-order valence-electron chi connectivity index (χ0n) is 37.9. The summed E-state index contributed by atoms with van der Waals surface area (Å²) in [6, 6.07) is 6.62. The maximum Gasteiger partial charge on any atom is 0.325 e. The number of nitrogens with two attached hydrogens (primary N) is 1. The maximum absolute atomic E-state index is 14.7. The van der Waals surface area contributed by atoms with Gasteiger partial charge in [-0.05, 0) is 51.3 Å². The molecule has 2 rings (SSSR count). The molecule has 16 nitrogen and oxygen atoms in total. The Bertz CT molecular complexity index is 1600. The third kappa shape index (κ3) is 18.5. The molecule has 344 valence electrons. The molecule has 0 bridgehead atoms. The van der Waals surface area contributed by atoms with Crippen LogP contribution in [0.15, 0.2) is 35.7 Å². The van der Waals surface area contributed by atoms with Crippen LogP contribution < -0.4 is 21.7 Å². The lowest BCUT2D eigenvalue weighted by atomic mass is 9.92. The third-order valence-electron chi connectivity index (χ3n) is 10.2. The highest BCUT2D eigenvalue weighted by Crippen LogP contribution is 2.31. The Hall–Kier alpha value is -4.00. The number of aromatic nitrogens is 1. The first kappa shape index (κ1) is 53.1. The standard InChI is InChI=1S/C44H73N7O9S/c1-10-17-35(50(8)9)42(55)49-39(31(7)12-3)44(56)51(29-57-13-4)36(30(5)6)26-37(59-21-11-2)43-48-34(28-61-43)41(54)47-33(25-32-18-15-14-16-19-32)40(53)46-27-38(52)60-24-23-58-22-20-45/h14-16,18-19,28,30-31,33,35-37,39H,10-13,17,20-27,29,45H2,1-9H3,(H,46,53)(H,47,54)(H,49,55)/t31-,33-,35+,36+,37+,39-/m0/s1. The van der Waals surface area contributed by atoms with Gasteiger partial charge in [0.2, 0.25) is 17.7 Å². The molecule has 0 unspecified atom stereocenters. The monoisotopic (exact) mass is 876 g/mol. The van der Waals surface area contributed by atoms with Gasteiger partial charge in [0.15, 0.2) is 0 Å². The molecule has 5 N–H and O–H groups in total. The van der Waals surface area contributed by atoms with Crippen LogP contribution in [0.5, 0.6) is 0 Å². The number of hydrogen-bond donors (Lipinski definition) is 4. The van der Waals surface area contributed by atoms with Gasteiger partial charge in [0, 0.05) is 44.0 Å². The number of carbonyl (C=O) groups is 5. The molecule has 17 heteroatoms. The minimum atomic E-state index is -1.04. The van der Waals surface area contributed by atoms with Crippen molar-refractivity contribution in [1.82, 2.24) is 30.7 Å². The van der Waals surface area contributed by atoms with Gasteiger partial charge in [0.25, 0.3) is 5.91 Å². The van der Waals surface area contributed by atoms with E-state index in [4.69, 9.17) is 29.7 Å². The Morgan fingerprint density at radius 1 is 0.885 bits per heavy atom. The molecule has 1 heterocycles. The van der Waals surface area contributed by atoms with Crippen LogP contribution in [0.1, 0.15) is 108 Å². The second-order valence-electron chi connectivity index (χ2n) is 15.6. The second kappa shape index (κ2) is 29.3. The Morgan fingerprint density at radius 3 is 2.21 bits per heavy atom. The molecule has 0 fully saturated rings. The van der Waals surface area contributed by atoms with Crippen LogP contribution in [0.25, 0.3) is 0 Å². The van der Waals surface area contributed by atoms with Crippen molar-refractivity contribution in [3.8, 4) is 0 Å². The molecule has 0 aliphatic rings. The van der Waals surface area contributed by atoms with Gasteiger partial charge in [-0.2, -0.15) is 0 Å². The van der Waals surface area contributed by atoms with Crippen molar-refractivity contribution >= 4 is 40.9 Å². The van der Waals surface area contributed by atoms with Crippen LogP contribution in [0.2, 0.25) is 0 Å². The first-order valence-corrected chi connectivity index (χ1v) is 22.6. The SMILES string of the molecule is CCCO[C@H](C[C@H](C(C)C)N(COCC)C(=O)[C@@H](NC(=O)[C@@H](CCC)N(C)C)[C@@H](C)CC)c1nc(C(=O)N[C@@H](Cc2ccccc2)C(=O)NCC(=O)OCCOCCN)cs1. The van der Waals surface area contributed by atoms with Crippen LogP contribution >= 0.6 is 11.3 Å². The predicted molar refractivity (Wildman–Crippen MR) is 237 cm³/mol. The van der Waals surface area contributed by atoms with Crippen molar-refractivity contribution < 1.29 is 42.9 Å². The maximum atomic E-state index is 14.7. The summed E-state index contributed by atoms with van der Waals surface area (Å²) < 4.78 is 22.7. The van der Waals surface area contributed by atoms with Crippen molar-refractivity contribution in [1.29, 1.82) is 0 Å². The van der Waals surface area contributed by atoms with Crippen molar-refractivity contribution in [2.75, 3.05) is 67.0 Å². The molecule has 2 aromatic rings. The topological polar surface area (TPSA) is 204 Å². The molecule has 6 atom stereocenters. The molecule has 0 spiro atoms. The minimum Gasteiger partial charge on any atom is -0.462 e. The van der Waals surface area contributed by atoms with E-state index in [1.807, 2.05) is 97.8 Å². The predicted octanol–water partition coefficient (Wildman–Crippen LogP) is 4.09. The van der Waals surface area contributed by atoms with Crippen molar-refractivity contribution in [2.24, 2.45) is 17.6 Å². The minimum absolute atomic E-state index is 0.0140. The van der Waals surface area contributed by atoms with Crippen LogP contribution in [0.4, 0.5) is 0 Å². The Morgan fingerprint density at radius 2 is 1.61 bits per heavy atom. The Labute approximate surface area is 367 Å². The number of benzene rings is 1. The number of esters is 1. The number of rotatable bonds is 31. The molecule has 0 radical (unpaired) electrons. The lowest BCUT2D eigenvalue weighted by molar-refractivity contribution is -0.149. The van der Waals surface area contributed by atoms with Crippen molar-refractivity contribution in [3.63, 3.8) is 0 Å². The van der Waals surface area contributed by atoms with Crippen LogP contribution in [-0.4, -0.2) is 135 Å². The highest BCUT2D eigenvalue weighted by molar-refractivity contribution is 7.09. The Kier molecular flexibility index (Phi) is 25.5. The van der Waals surface area contributed by atoms with Crippen LogP contribution in [-0.2, 0) is 44.5 Å². The smallest absolute Gasteiger partial charge is 0.325 e. The molecule has 0 aliphatic heterocycles. The van der Waals surface area contributed by atoms with Gasteiger partial charge in [0.1, 0.15) is 48.8 Å². The fourth-order valence-electron chi connectivity index (χ4n) is 6.56. The van der Waals surface area contributed by atoms with Gasteiger partial charge < -0.3 is 45.5 Å². The Balaban J connectivity index is 2.38. The van der Waals surface area contributed by atoms with E-state index >= 15 is 0 Å². The van der Waals surface area contributed by atoms with Crippen molar-refractivity contribution in [3.05, 3.63) is 52.0 Å². The zero-order valence-corrected chi connectivity index (χ0v) is 38.7. The molecule has 0 aliphatic carbocycles. The lowest BCUT2D eigenvalue weighted by Gasteiger charge is -2.39. The number of hydrogen-bond acceptors (Lipinski definition) is 13. The summed E-state index contributed by atoms with van der Waals surface area (Å²) in [7, 11) is 3.73. The molecule has 4 amide bonds. The number of carbonyl (C=O) groups excluding carboxylic acids is 5. The lowest BCUT2D eigenvalue weighted by Crippen LogP contribution is -2.58. The van der Waals surface area contributed by atoms with E-state index in [1.54, 1.807) is 10.3 Å². The molecule has 1 aromatic heterocycles. The summed E-state index contributed by atoms with van der Waals surface area (Å²) in [5.74, 6) is -2.42. The van der Waals surface area contributed by atoms with Crippen molar-refractivity contribution in [2.45, 2.75) is 117 Å². The normalized spacial score (nSPS) is 14.4. The quantitative estimate of drug-likeness (QED) is 0.0481. The number of nitrogens with zero attached hydrogens (tertiary/aromatic N) is 3. The third-order valence-corrected chi connectivity index (χ3v) is 11.2. The molecule has 61 heavy (non-hydrogen) atoms. The van der Waals surface area contributed by atoms with Gasteiger partial charge in [-0.1, -0.05) is 84.7 Å². The molecule has 0 saturated heterocycles. The van der Waals surface area contributed by atoms with E-state index in [-0.39, 0.29) is 61.8 Å². The van der Waals surface area contributed by atoms with Gasteiger partial charge >= 0.3 is 5.97 Å². The number of thiazole rings is 1. The highest BCUT2D eigenvalue weighted by Gasteiger charge is 2.38. The molecular weight excluding hydrogens is 803 g/mol. The summed E-state index contributed by atoms with van der Waals surface area (Å²) in [5.41, 5.74) is 6.30. The van der Waals surface area contributed by atoms with Gasteiger partial charge in [-0.25, -0.2) is 4.98 Å². The highest BCUT2D eigenvalue weighted by atomic mass is 32.1. The van der Waals surface area contributed by atoms with Crippen LogP contribution in [0, 0.1) is 11.8 Å². The first-order valence-electron chi connectivity index (χ1n) is 21.7. The number of nitrogens with one attached hydrogen (secondary N) is 3.